The van der Waals surface area contributed by atoms with Gasteiger partial charge >= 0.3 is 0 Å². The Morgan fingerprint density at radius 3 is 3.00 bits per heavy atom. The quantitative estimate of drug-likeness (QED) is 0.570. The molecule has 0 atom stereocenters. The smallest absolute Gasteiger partial charge is 0.101 e. The summed E-state index contributed by atoms with van der Waals surface area (Å²) in [6, 6.07) is 4.13. The standard InChI is InChI=1S/C10H12N2/c1-10(2)5-9-8(6-11)3-4-12(9)7-10/h3-4H,5,7H2,1-2H3. The monoisotopic (exact) mass is 160 g/mol. The van der Waals surface area contributed by atoms with E-state index in [0.29, 0.717) is 5.41 Å². The van der Waals surface area contributed by atoms with Crippen LogP contribution in [0.5, 0.6) is 0 Å². The third-order valence-corrected chi connectivity index (χ3v) is 2.44. The van der Waals surface area contributed by atoms with E-state index in [1.807, 2.05) is 12.3 Å². The number of rotatable bonds is 0. The number of aromatic nitrogens is 1. The highest BCUT2D eigenvalue weighted by atomic mass is 15.0. The molecule has 2 nitrogen and oxygen atoms in total. The van der Waals surface area contributed by atoms with Crippen LogP contribution in [0.15, 0.2) is 12.3 Å². The highest BCUT2D eigenvalue weighted by molar-refractivity contribution is 5.36. The number of hydrogen-bond donors (Lipinski definition) is 0. The SMILES string of the molecule is CC1(C)Cc2c(C#N)ccn2C1. The molecule has 0 N–H and O–H groups in total. The van der Waals surface area contributed by atoms with Gasteiger partial charge in [0.15, 0.2) is 0 Å². The Balaban J connectivity index is 2.45. The van der Waals surface area contributed by atoms with E-state index in [9.17, 15) is 0 Å². The Hall–Kier alpha value is -1.23. The molecule has 0 saturated heterocycles. The van der Waals surface area contributed by atoms with Crippen LogP contribution in [0, 0.1) is 16.7 Å². The first kappa shape index (κ1) is 7.42. The van der Waals surface area contributed by atoms with E-state index in [2.05, 4.69) is 24.5 Å². The van der Waals surface area contributed by atoms with Gasteiger partial charge in [0.2, 0.25) is 0 Å². The van der Waals surface area contributed by atoms with Gasteiger partial charge in [-0.15, -0.1) is 0 Å². The molecule has 1 aromatic rings. The van der Waals surface area contributed by atoms with E-state index in [0.717, 1.165) is 18.5 Å². The molecule has 0 spiro atoms. The fourth-order valence-corrected chi connectivity index (χ4v) is 1.92. The zero-order valence-electron chi connectivity index (χ0n) is 7.46. The van der Waals surface area contributed by atoms with Gasteiger partial charge in [-0.05, 0) is 17.9 Å². The lowest BCUT2D eigenvalue weighted by atomic mass is 9.90. The number of hydrogen-bond acceptors (Lipinski definition) is 1. The van der Waals surface area contributed by atoms with Crippen LogP contribution in [0.2, 0.25) is 0 Å². The maximum atomic E-state index is 8.80. The third-order valence-electron chi connectivity index (χ3n) is 2.44. The van der Waals surface area contributed by atoms with E-state index in [4.69, 9.17) is 5.26 Å². The molecule has 2 heterocycles. The summed E-state index contributed by atoms with van der Waals surface area (Å²) < 4.78 is 2.19. The van der Waals surface area contributed by atoms with Crippen LogP contribution < -0.4 is 0 Å². The summed E-state index contributed by atoms with van der Waals surface area (Å²) in [6.07, 6.45) is 3.05. The Morgan fingerprint density at radius 1 is 1.58 bits per heavy atom. The Kier molecular flexibility index (Phi) is 1.32. The predicted molar refractivity (Wildman–Crippen MR) is 46.6 cm³/mol. The van der Waals surface area contributed by atoms with Gasteiger partial charge in [0.1, 0.15) is 6.07 Å². The summed E-state index contributed by atoms with van der Waals surface area (Å²) in [5.74, 6) is 0. The largest absolute Gasteiger partial charge is 0.350 e. The second-order valence-electron chi connectivity index (χ2n) is 4.26. The van der Waals surface area contributed by atoms with Gasteiger partial charge in [-0.25, -0.2) is 0 Å². The number of nitriles is 1. The molecule has 0 radical (unpaired) electrons. The minimum atomic E-state index is 0.336. The lowest BCUT2D eigenvalue weighted by Crippen LogP contribution is -2.11. The maximum Gasteiger partial charge on any atom is 0.101 e. The lowest BCUT2D eigenvalue weighted by molar-refractivity contribution is 0.359. The Labute approximate surface area is 72.4 Å². The van der Waals surface area contributed by atoms with Crippen molar-refractivity contribution in [2.75, 3.05) is 0 Å². The zero-order valence-corrected chi connectivity index (χ0v) is 7.46. The van der Waals surface area contributed by atoms with E-state index >= 15 is 0 Å². The van der Waals surface area contributed by atoms with Crippen LogP contribution in [0.3, 0.4) is 0 Å². The van der Waals surface area contributed by atoms with Crippen molar-refractivity contribution < 1.29 is 0 Å². The lowest BCUT2D eigenvalue weighted by Gasteiger charge is -2.14. The van der Waals surface area contributed by atoms with Gasteiger partial charge < -0.3 is 4.57 Å². The summed E-state index contributed by atoms with van der Waals surface area (Å²) in [4.78, 5) is 0. The Morgan fingerprint density at radius 2 is 2.33 bits per heavy atom. The van der Waals surface area contributed by atoms with Gasteiger partial charge in [-0.1, -0.05) is 13.8 Å². The average Bonchev–Trinajstić information content (AvgIpc) is 2.42. The van der Waals surface area contributed by atoms with Crippen LogP contribution >= 0.6 is 0 Å². The van der Waals surface area contributed by atoms with E-state index in [-0.39, 0.29) is 0 Å². The molecule has 0 saturated carbocycles. The zero-order chi connectivity index (χ0) is 8.77. The molecule has 0 aliphatic carbocycles. The summed E-state index contributed by atoms with van der Waals surface area (Å²) in [5.41, 5.74) is 2.39. The molecule has 0 bridgehead atoms. The highest BCUT2D eigenvalue weighted by Gasteiger charge is 2.29. The van der Waals surface area contributed by atoms with E-state index in [1.165, 1.54) is 5.69 Å². The summed E-state index contributed by atoms with van der Waals surface area (Å²) >= 11 is 0. The van der Waals surface area contributed by atoms with Gasteiger partial charge in [0.25, 0.3) is 0 Å². The maximum absolute atomic E-state index is 8.80. The topological polar surface area (TPSA) is 28.7 Å². The molecule has 0 aromatic carbocycles. The molecule has 1 aliphatic heterocycles. The summed E-state index contributed by atoms with van der Waals surface area (Å²) in [6.45, 7) is 5.52. The first-order chi connectivity index (χ1) is 5.62. The molecule has 2 heteroatoms. The van der Waals surface area contributed by atoms with Gasteiger partial charge in [-0.3, -0.25) is 0 Å². The van der Waals surface area contributed by atoms with Gasteiger partial charge in [0, 0.05) is 18.4 Å². The normalized spacial score (nSPS) is 18.8. The molecular weight excluding hydrogens is 148 g/mol. The molecule has 1 aliphatic rings. The van der Waals surface area contributed by atoms with Crippen molar-refractivity contribution >= 4 is 0 Å². The number of fused-ring (bicyclic) bond motifs is 1. The van der Waals surface area contributed by atoms with E-state index < -0.39 is 0 Å². The van der Waals surface area contributed by atoms with Crippen molar-refractivity contribution in [1.82, 2.24) is 4.57 Å². The highest BCUT2D eigenvalue weighted by Crippen LogP contribution is 2.33. The second kappa shape index (κ2) is 2.13. The first-order valence-corrected chi connectivity index (χ1v) is 4.20. The molecule has 0 fully saturated rings. The minimum Gasteiger partial charge on any atom is -0.350 e. The molecule has 0 amide bonds. The van der Waals surface area contributed by atoms with Crippen LogP contribution in [-0.4, -0.2) is 4.57 Å². The molecular formula is C10H12N2. The van der Waals surface area contributed by atoms with Crippen molar-refractivity contribution in [2.45, 2.75) is 26.8 Å². The average molecular weight is 160 g/mol. The van der Waals surface area contributed by atoms with Gasteiger partial charge in [-0.2, -0.15) is 5.26 Å². The fourth-order valence-electron chi connectivity index (χ4n) is 1.92. The van der Waals surface area contributed by atoms with Crippen LogP contribution in [0.25, 0.3) is 0 Å². The summed E-state index contributed by atoms with van der Waals surface area (Å²) in [7, 11) is 0. The Bertz CT molecular complexity index is 352. The minimum absolute atomic E-state index is 0.336. The van der Waals surface area contributed by atoms with Crippen molar-refractivity contribution in [3.63, 3.8) is 0 Å². The first-order valence-electron chi connectivity index (χ1n) is 4.20. The summed E-state index contributed by atoms with van der Waals surface area (Å²) in [5, 5.41) is 8.80. The molecule has 62 valence electrons. The second-order valence-corrected chi connectivity index (χ2v) is 4.26. The molecule has 2 rings (SSSR count). The molecule has 12 heavy (non-hydrogen) atoms. The number of nitrogens with zero attached hydrogens (tertiary/aromatic N) is 2. The molecule has 0 unspecified atom stereocenters. The van der Waals surface area contributed by atoms with E-state index in [1.54, 1.807) is 0 Å². The van der Waals surface area contributed by atoms with Crippen molar-refractivity contribution in [1.29, 1.82) is 5.26 Å². The predicted octanol–water partition coefficient (Wildman–Crippen LogP) is 1.94. The van der Waals surface area contributed by atoms with Crippen molar-refractivity contribution in [3.8, 4) is 6.07 Å². The van der Waals surface area contributed by atoms with Crippen molar-refractivity contribution in [3.05, 3.63) is 23.5 Å². The van der Waals surface area contributed by atoms with Gasteiger partial charge in [0.05, 0.1) is 5.56 Å². The van der Waals surface area contributed by atoms with Crippen LogP contribution in [0.1, 0.15) is 25.1 Å². The van der Waals surface area contributed by atoms with Crippen LogP contribution in [-0.2, 0) is 13.0 Å². The fraction of sp³-hybridized carbons (Fsp3) is 0.500. The van der Waals surface area contributed by atoms with Crippen molar-refractivity contribution in [2.24, 2.45) is 5.41 Å². The molecule has 1 aromatic heterocycles. The van der Waals surface area contributed by atoms with Crippen LogP contribution in [0.4, 0.5) is 0 Å². The third kappa shape index (κ3) is 0.937.